The molecule has 0 aromatic heterocycles. The van der Waals surface area contributed by atoms with Crippen LogP contribution in [-0.4, -0.2) is 31.6 Å². The monoisotopic (exact) mass is 567 g/mol. The Hall–Kier alpha value is -4.20. The molecular weight excluding hydrogens is 530 g/mol. The van der Waals surface area contributed by atoms with Crippen LogP contribution in [0.3, 0.4) is 0 Å². The van der Waals surface area contributed by atoms with Crippen LogP contribution in [-0.2, 0) is 20.6 Å². The Labute approximate surface area is 243 Å². The second-order valence-electron chi connectivity index (χ2n) is 11.1. The first-order valence-electron chi connectivity index (χ1n) is 13.7. The number of nitrogens with one attached hydrogen (secondary N) is 1. The molecule has 0 aliphatic heterocycles. The van der Waals surface area contributed by atoms with Crippen molar-refractivity contribution in [2.45, 2.75) is 51.5 Å². The third-order valence-corrected chi connectivity index (χ3v) is 12.1. The standard InChI is InChI=1S/C34H37NO5Si/c1-25-20-22-27(23-21-25)30(35-33(38)39-24-26-14-8-5-9-15-26)31(36)32(37)40-41(34(2,3)4,28-16-10-6-11-17-28)29-18-12-7-13-19-29/h5-23,30-31,36H,24H2,1-4H3,(H,35,38)/t30-,31+/m1/s1. The molecule has 4 aromatic carbocycles. The van der Waals surface area contributed by atoms with Crippen LogP contribution in [0.25, 0.3) is 0 Å². The minimum absolute atomic E-state index is 0.0515. The predicted octanol–water partition coefficient (Wildman–Crippen LogP) is 5.43. The van der Waals surface area contributed by atoms with Gasteiger partial charge in [0.15, 0.2) is 6.10 Å². The zero-order valence-electron chi connectivity index (χ0n) is 23.9. The SMILES string of the molecule is Cc1ccc([C@@H](NC(=O)OCc2ccccc2)[C@H](O)C(=O)O[Si](c2ccccc2)(c2ccccc2)C(C)(C)C)cc1. The van der Waals surface area contributed by atoms with E-state index in [1.165, 1.54) is 0 Å². The molecule has 0 unspecified atom stereocenters. The van der Waals surface area contributed by atoms with E-state index in [-0.39, 0.29) is 6.61 Å². The maximum atomic E-state index is 14.0. The number of ether oxygens (including phenoxy) is 1. The normalized spacial score (nSPS) is 13.1. The maximum absolute atomic E-state index is 14.0. The molecular formula is C34H37NO5Si. The first kappa shape index (κ1) is 29.8. The maximum Gasteiger partial charge on any atom is 0.408 e. The van der Waals surface area contributed by atoms with Gasteiger partial charge in [0.2, 0.25) is 0 Å². The number of benzene rings is 4. The number of hydrogen-bond acceptors (Lipinski definition) is 5. The molecule has 0 heterocycles. The predicted molar refractivity (Wildman–Crippen MR) is 163 cm³/mol. The third kappa shape index (κ3) is 6.93. The van der Waals surface area contributed by atoms with Crippen LogP contribution in [0.2, 0.25) is 5.04 Å². The van der Waals surface area contributed by atoms with Gasteiger partial charge in [-0.05, 0) is 33.5 Å². The lowest BCUT2D eigenvalue weighted by Gasteiger charge is -2.42. The molecule has 1 amide bonds. The van der Waals surface area contributed by atoms with Gasteiger partial charge in [-0.15, -0.1) is 0 Å². The fourth-order valence-electron chi connectivity index (χ4n) is 5.01. The van der Waals surface area contributed by atoms with Gasteiger partial charge in [0.1, 0.15) is 6.61 Å². The number of alkyl carbamates (subject to hydrolysis) is 1. The van der Waals surface area contributed by atoms with Crippen LogP contribution < -0.4 is 15.7 Å². The zero-order chi connectivity index (χ0) is 29.5. The second kappa shape index (κ2) is 13.0. The van der Waals surface area contributed by atoms with Gasteiger partial charge in [-0.3, -0.25) is 4.79 Å². The fourth-order valence-corrected chi connectivity index (χ4v) is 9.36. The summed E-state index contributed by atoms with van der Waals surface area (Å²) >= 11 is 0. The third-order valence-electron chi connectivity index (χ3n) is 7.15. The number of aliphatic hydroxyl groups is 1. The van der Waals surface area contributed by atoms with E-state index in [4.69, 9.17) is 9.16 Å². The lowest BCUT2D eigenvalue weighted by molar-refractivity contribution is -0.146. The molecule has 2 atom stereocenters. The van der Waals surface area contributed by atoms with Crippen molar-refractivity contribution in [2.24, 2.45) is 0 Å². The van der Waals surface area contributed by atoms with E-state index in [0.29, 0.717) is 5.56 Å². The van der Waals surface area contributed by atoms with Crippen molar-refractivity contribution >= 4 is 30.8 Å². The minimum Gasteiger partial charge on any atom is -0.508 e. The summed E-state index contributed by atoms with van der Waals surface area (Å²) < 4.78 is 12.0. The van der Waals surface area contributed by atoms with Crippen molar-refractivity contribution in [3.63, 3.8) is 0 Å². The Balaban J connectivity index is 1.67. The quantitative estimate of drug-likeness (QED) is 0.264. The molecule has 0 saturated carbocycles. The first-order chi connectivity index (χ1) is 19.6. The number of rotatable bonds is 9. The van der Waals surface area contributed by atoms with Gasteiger partial charge >= 0.3 is 20.4 Å². The van der Waals surface area contributed by atoms with Crippen molar-refractivity contribution in [1.29, 1.82) is 0 Å². The Morgan fingerprint density at radius 2 is 1.27 bits per heavy atom. The summed E-state index contributed by atoms with van der Waals surface area (Å²) in [7, 11) is -3.28. The molecule has 4 aromatic rings. The van der Waals surface area contributed by atoms with E-state index in [1.807, 2.05) is 110 Å². The molecule has 4 rings (SSSR count). The van der Waals surface area contributed by atoms with Gasteiger partial charge in [0.25, 0.3) is 0 Å². The number of aliphatic hydroxyl groups excluding tert-OH is 1. The molecule has 0 bridgehead atoms. The fraction of sp³-hybridized carbons (Fsp3) is 0.235. The number of carbonyl (C=O) groups excluding carboxylic acids is 2. The first-order valence-corrected chi connectivity index (χ1v) is 15.6. The summed E-state index contributed by atoms with van der Waals surface area (Å²) in [5.74, 6) is -0.812. The van der Waals surface area contributed by atoms with E-state index in [0.717, 1.165) is 21.5 Å². The Morgan fingerprint density at radius 3 is 1.76 bits per heavy atom. The minimum atomic E-state index is -3.28. The molecule has 212 valence electrons. The highest BCUT2D eigenvalue weighted by atomic mass is 28.4. The summed E-state index contributed by atoms with van der Waals surface area (Å²) in [5.41, 5.74) is 2.38. The van der Waals surface area contributed by atoms with Gasteiger partial charge in [-0.2, -0.15) is 0 Å². The zero-order valence-corrected chi connectivity index (χ0v) is 24.9. The smallest absolute Gasteiger partial charge is 0.408 e. The van der Waals surface area contributed by atoms with Crippen LogP contribution in [0.4, 0.5) is 4.79 Å². The van der Waals surface area contributed by atoms with Crippen LogP contribution in [0.5, 0.6) is 0 Å². The van der Waals surface area contributed by atoms with Crippen molar-refractivity contribution < 1.29 is 23.9 Å². The van der Waals surface area contributed by atoms with Gasteiger partial charge in [0.05, 0.1) is 6.04 Å². The molecule has 41 heavy (non-hydrogen) atoms. The summed E-state index contributed by atoms with van der Waals surface area (Å²) in [4.78, 5) is 26.9. The lowest BCUT2D eigenvalue weighted by Crippen LogP contribution is -2.68. The average Bonchev–Trinajstić information content (AvgIpc) is 2.98. The van der Waals surface area contributed by atoms with E-state index >= 15 is 0 Å². The summed E-state index contributed by atoms with van der Waals surface area (Å²) in [6.07, 6.45) is -2.44. The number of aryl methyl sites for hydroxylation is 1. The van der Waals surface area contributed by atoms with Crippen LogP contribution >= 0.6 is 0 Å². The molecule has 0 aliphatic carbocycles. The Bertz CT molecular complexity index is 1380. The van der Waals surface area contributed by atoms with Crippen molar-refractivity contribution in [3.05, 3.63) is 132 Å². The summed E-state index contributed by atoms with van der Waals surface area (Å²) in [5, 5.41) is 15.6. The van der Waals surface area contributed by atoms with Crippen LogP contribution in [0.1, 0.15) is 43.5 Å². The molecule has 6 nitrogen and oxygen atoms in total. The summed E-state index contributed by atoms with van der Waals surface area (Å²) in [6.45, 7) is 8.14. The van der Waals surface area contributed by atoms with Gasteiger partial charge in [-0.25, -0.2) is 4.79 Å². The molecule has 0 aliphatic rings. The van der Waals surface area contributed by atoms with E-state index in [9.17, 15) is 14.7 Å². The molecule has 0 saturated heterocycles. The highest BCUT2D eigenvalue weighted by Crippen LogP contribution is 2.37. The largest absolute Gasteiger partial charge is 0.508 e. The van der Waals surface area contributed by atoms with Gasteiger partial charge in [0, 0.05) is 0 Å². The van der Waals surface area contributed by atoms with E-state index in [2.05, 4.69) is 26.1 Å². The molecule has 0 fully saturated rings. The van der Waals surface area contributed by atoms with Crippen molar-refractivity contribution in [1.82, 2.24) is 5.32 Å². The van der Waals surface area contributed by atoms with Gasteiger partial charge < -0.3 is 19.6 Å². The van der Waals surface area contributed by atoms with Crippen molar-refractivity contribution in [3.8, 4) is 0 Å². The molecule has 7 heteroatoms. The van der Waals surface area contributed by atoms with Gasteiger partial charge in [-0.1, -0.05) is 142 Å². The van der Waals surface area contributed by atoms with Crippen molar-refractivity contribution in [2.75, 3.05) is 0 Å². The molecule has 2 N–H and O–H groups in total. The molecule has 0 spiro atoms. The second-order valence-corrected chi connectivity index (χ2v) is 15.3. The lowest BCUT2D eigenvalue weighted by atomic mass is 10.0. The number of hydrogen-bond donors (Lipinski definition) is 2. The van der Waals surface area contributed by atoms with E-state index in [1.54, 1.807) is 12.1 Å². The van der Waals surface area contributed by atoms with Crippen LogP contribution in [0, 0.1) is 6.92 Å². The molecule has 0 radical (unpaired) electrons. The highest BCUT2D eigenvalue weighted by Gasteiger charge is 2.54. The van der Waals surface area contributed by atoms with E-state index < -0.39 is 37.6 Å². The van der Waals surface area contributed by atoms with Crippen LogP contribution in [0.15, 0.2) is 115 Å². The topological polar surface area (TPSA) is 84.9 Å². The highest BCUT2D eigenvalue weighted by molar-refractivity contribution is 7.00. The summed E-state index contributed by atoms with van der Waals surface area (Å²) in [6, 6.07) is 34.9. The number of amides is 1. The Morgan fingerprint density at radius 1 is 0.780 bits per heavy atom. The Kier molecular flexibility index (Phi) is 9.42. The number of carbonyl (C=O) groups is 2. The average molecular weight is 568 g/mol.